The standard InChI is InChI=1S/C20H15ClF3N3O2/c21-15-4-1-2-5-16(15)27-17(12-18(26)20(22,23)24)13-6-8-14(9-7-13)19(28)29-11-3-10-25/h1-2,4-9,12H,3,11,26H2. The van der Waals surface area contributed by atoms with Gasteiger partial charge in [-0.2, -0.15) is 18.4 Å². The number of carbonyl (C=O) groups is 1. The van der Waals surface area contributed by atoms with Crippen LogP contribution in [0.1, 0.15) is 22.3 Å². The van der Waals surface area contributed by atoms with Crippen LogP contribution >= 0.6 is 11.6 Å². The SMILES string of the molecule is N#CCCOC(=O)c1ccc(C(C=C(N)C(F)(F)F)=Nc2ccccc2Cl)cc1. The van der Waals surface area contributed by atoms with Crippen LogP contribution < -0.4 is 5.73 Å². The van der Waals surface area contributed by atoms with Crippen LogP contribution in [0.2, 0.25) is 5.02 Å². The quantitative estimate of drug-likeness (QED) is 0.406. The predicted molar refractivity (Wildman–Crippen MR) is 103 cm³/mol. The Labute approximate surface area is 169 Å². The van der Waals surface area contributed by atoms with Gasteiger partial charge in [0, 0.05) is 5.56 Å². The molecular weight excluding hydrogens is 407 g/mol. The number of aliphatic imine (C=N–C) groups is 1. The van der Waals surface area contributed by atoms with E-state index in [1.165, 1.54) is 24.3 Å². The van der Waals surface area contributed by atoms with Crippen molar-refractivity contribution in [3.05, 3.63) is 76.5 Å². The van der Waals surface area contributed by atoms with Gasteiger partial charge >= 0.3 is 12.1 Å². The Kier molecular flexibility index (Phi) is 7.39. The zero-order valence-corrected chi connectivity index (χ0v) is 15.7. The summed E-state index contributed by atoms with van der Waals surface area (Å²) in [5.41, 5.74) is 4.45. The smallest absolute Gasteiger partial charge is 0.430 e. The van der Waals surface area contributed by atoms with Gasteiger partial charge in [-0.15, -0.1) is 0 Å². The van der Waals surface area contributed by atoms with E-state index in [9.17, 15) is 18.0 Å². The first-order chi connectivity index (χ1) is 13.7. The molecule has 0 fully saturated rings. The molecule has 0 spiro atoms. The topological polar surface area (TPSA) is 88.5 Å². The fourth-order valence-corrected chi connectivity index (χ4v) is 2.31. The number of hydrogen-bond donors (Lipinski definition) is 1. The monoisotopic (exact) mass is 421 g/mol. The zero-order chi connectivity index (χ0) is 21.4. The first-order valence-corrected chi connectivity index (χ1v) is 8.62. The summed E-state index contributed by atoms with van der Waals surface area (Å²) in [5.74, 6) is -0.651. The highest BCUT2D eigenvalue weighted by Gasteiger charge is 2.31. The lowest BCUT2D eigenvalue weighted by atomic mass is 10.1. The lowest BCUT2D eigenvalue weighted by molar-refractivity contribution is -0.0925. The van der Waals surface area contributed by atoms with E-state index < -0.39 is 17.8 Å². The van der Waals surface area contributed by atoms with Crippen molar-refractivity contribution in [2.24, 2.45) is 10.7 Å². The highest BCUT2D eigenvalue weighted by molar-refractivity contribution is 6.33. The fourth-order valence-electron chi connectivity index (χ4n) is 2.13. The number of halogens is 4. The highest BCUT2D eigenvalue weighted by atomic mass is 35.5. The molecule has 0 saturated heterocycles. The van der Waals surface area contributed by atoms with E-state index in [0.717, 1.165) is 0 Å². The Morgan fingerprint density at radius 2 is 1.79 bits per heavy atom. The number of esters is 1. The number of nitriles is 1. The molecule has 29 heavy (non-hydrogen) atoms. The van der Waals surface area contributed by atoms with Gasteiger partial charge in [0.15, 0.2) is 0 Å². The molecule has 0 saturated carbocycles. The van der Waals surface area contributed by atoms with Crippen molar-refractivity contribution in [3.8, 4) is 6.07 Å². The van der Waals surface area contributed by atoms with Crippen molar-refractivity contribution in [1.29, 1.82) is 5.26 Å². The summed E-state index contributed by atoms with van der Waals surface area (Å²) in [5, 5.41) is 8.71. The zero-order valence-electron chi connectivity index (χ0n) is 14.9. The number of nitrogens with zero attached hydrogens (tertiary/aromatic N) is 2. The number of benzene rings is 2. The molecule has 0 aliphatic carbocycles. The second-order valence-corrected chi connectivity index (χ2v) is 6.07. The maximum atomic E-state index is 12.9. The summed E-state index contributed by atoms with van der Waals surface area (Å²) in [6.07, 6.45) is -3.98. The average Bonchev–Trinajstić information content (AvgIpc) is 2.68. The maximum absolute atomic E-state index is 12.9. The van der Waals surface area contributed by atoms with Gasteiger partial charge in [0.2, 0.25) is 0 Å². The summed E-state index contributed by atoms with van der Waals surface area (Å²) < 4.78 is 43.6. The number of alkyl halides is 3. The fraction of sp³-hybridized carbons (Fsp3) is 0.150. The van der Waals surface area contributed by atoms with Gasteiger partial charge in [-0.05, 0) is 30.3 Å². The van der Waals surface area contributed by atoms with Gasteiger partial charge in [-0.25, -0.2) is 9.79 Å². The third-order valence-electron chi connectivity index (χ3n) is 3.58. The first-order valence-electron chi connectivity index (χ1n) is 8.24. The van der Waals surface area contributed by atoms with E-state index in [2.05, 4.69) is 4.99 Å². The van der Waals surface area contributed by atoms with Crippen molar-refractivity contribution in [1.82, 2.24) is 0 Å². The molecule has 0 bridgehead atoms. The average molecular weight is 422 g/mol. The molecule has 0 unspecified atom stereocenters. The minimum Gasteiger partial charge on any atom is -0.461 e. The Morgan fingerprint density at radius 3 is 2.38 bits per heavy atom. The molecule has 2 rings (SSSR count). The van der Waals surface area contributed by atoms with Crippen LogP contribution in [0.4, 0.5) is 18.9 Å². The molecule has 0 aromatic heterocycles. The highest BCUT2D eigenvalue weighted by Crippen LogP contribution is 2.27. The Bertz CT molecular complexity index is 978. The number of allylic oxidation sites excluding steroid dienone is 2. The third-order valence-corrected chi connectivity index (χ3v) is 3.90. The van der Waals surface area contributed by atoms with Crippen molar-refractivity contribution < 1.29 is 22.7 Å². The summed E-state index contributed by atoms with van der Waals surface area (Å²) in [6, 6.07) is 13.8. The third kappa shape index (κ3) is 6.36. The normalized spacial score (nSPS) is 12.4. The molecule has 150 valence electrons. The lowest BCUT2D eigenvalue weighted by Gasteiger charge is -2.09. The number of carbonyl (C=O) groups excluding carboxylic acids is 1. The molecule has 2 aromatic carbocycles. The number of ether oxygens (including phenoxy) is 1. The molecule has 0 aliphatic heterocycles. The minimum atomic E-state index is -4.73. The second kappa shape index (κ2) is 9.75. The molecule has 0 radical (unpaired) electrons. The summed E-state index contributed by atoms with van der Waals surface area (Å²) in [6.45, 7) is -0.0544. The van der Waals surface area contributed by atoms with Gasteiger partial charge in [0.05, 0.1) is 34.5 Å². The lowest BCUT2D eigenvalue weighted by Crippen LogP contribution is -2.21. The minimum absolute atomic E-state index is 0.0544. The number of hydrogen-bond acceptors (Lipinski definition) is 5. The van der Waals surface area contributed by atoms with Crippen molar-refractivity contribution in [2.75, 3.05) is 6.61 Å². The second-order valence-electron chi connectivity index (χ2n) is 5.67. The molecule has 9 heteroatoms. The molecule has 0 atom stereocenters. The van der Waals surface area contributed by atoms with E-state index >= 15 is 0 Å². The van der Waals surface area contributed by atoms with Crippen LogP contribution in [-0.4, -0.2) is 24.5 Å². The molecule has 2 N–H and O–H groups in total. The van der Waals surface area contributed by atoms with Crippen LogP contribution in [0, 0.1) is 11.3 Å². The van der Waals surface area contributed by atoms with E-state index in [1.807, 2.05) is 6.07 Å². The number of rotatable bonds is 6. The van der Waals surface area contributed by atoms with Gasteiger partial charge in [-0.1, -0.05) is 35.9 Å². The van der Waals surface area contributed by atoms with Crippen LogP contribution in [0.15, 0.2) is 65.3 Å². The van der Waals surface area contributed by atoms with Crippen LogP contribution in [-0.2, 0) is 4.74 Å². The van der Waals surface area contributed by atoms with Crippen molar-refractivity contribution >= 4 is 29.0 Å². The van der Waals surface area contributed by atoms with E-state index in [4.69, 9.17) is 27.3 Å². The van der Waals surface area contributed by atoms with Gasteiger partial charge in [-0.3, -0.25) is 0 Å². The van der Waals surface area contributed by atoms with Gasteiger partial charge in [0.25, 0.3) is 0 Å². The predicted octanol–water partition coefficient (Wildman–Crippen LogP) is 4.94. The molecule has 5 nitrogen and oxygen atoms in total. The molecule has 0 amide bonds. The van der Waals surface area contributed by atoms with Gasteiger partial charge < -0.3 is 10.5 Å². The number of nitrogens with two attached hydrogens (primary N) is 1. The summed E-state index contributed by atoms with van der Waals surface area (Å²) in [7, 11) is 0. The van der Waals surface area contributed by atoms with E-state index in [1.54, 1.807) is 24.3 Å². The Morgan fingerprint density at radius 1 is 1.17 bits per heavy atom. The Hall–Kier alpha value is -3.31. The summed E-state index contributed by atoms with van der Waals surface area (Å²) >= 11 is 6.04. The van der Waals surface area contributed by atoms with Crippen molar-refractivity contribution in [2.45, 2.75) is 12.6 Å². The van der Waals surface area contributed by atoms with E-state index in [0.29, 0.717) is 6.08 Å². The largest absolute Gasteiger partial charge is 0.461 e. The van der Waals surface area contributed by atoms with Crippen LogP contribution in [0.25, 0.3) is 0 Å². The van der Waals surface area contributed by atoms with Crippen LogP contribution in [0.5, 0.6) is 0 Å². The van der Waals surface area contributed by atoms with Crippen LogP contribution in [0.3, 0.4) is 0 Å². The first kappa shape index (κ1) is 22.0. The van der Waals surface area contributed by atoms with Gasteiger partial charge in [0.1, 0.15) is 12.3 Å². The molecule has 0 aliphatic rings. The number of para-hydroxylation sites is 1. The molecule has 2 aromatic rings. The van der Waals surface area contributed by atoms with E-state index in [-0.39, 0.29) is 40.6 Å². The molecular formula is C20H15ClF3N3O2. The maximum Gasteiger partial charge on any atom is 0.430 e. The molecule has 0 heterocycles. The summed E-state index contributed by atoms with van der Waals surface area (Å²) in [4.78, 5) is 16.1. The van der Waals surface area contributed by atoms with Crippen molar-refractivity contribution in [3.63, 3.8) is 0 Å². The Balaban J connectivity index is 2.41.